The summed E-state index contributed by atoms with van der Waals surface area (Å²) in [5.74, 6) is 0.593. The van der Waals surface area contributed by atoms with Crippen molar-refractivity contribution in [2.24, 2.45) is 0 Å². The molecule has 0 bridgehead atoms. The molecule has 1 amide bonds. The van der Waals surface area contributed by atoms with Gasteiger partial charge in [-0.05, 0) is 57.3 Å². The fraction of sp³-hybridized carbons (Fsp3) is 0.333. The summed E-state index contributed by atoms with van der Waals surface area (Å²) in [6, 6.07) is 8.90. The van der Waals surface area contributed by atoms with E-state index < -0.39 is 11.7 Å². The largest absolute Gasteiger partial charge is 0.497 e. The van der Waals surface area contributed by atoms with Crippen molar-refractivity contribution >= 4 is 28.3 Å². The standard InChI is InChI=1S/C18H21NO4/c1-11(20)13-8-12-6-7-14(22-5)10-15(12)16(9-13)19-17(21)23-18(2,3)4/h6-10H,1-5H3,(H,19,21). The lowest BCUT2D eigenvalue weighted by Gasteiger charge is -2.20. The highest BCUT2D eigenvalue weighted by Gasteiger charge is 2.18. The van der Waals surface area contributed by atoms with Gasteiger partial charge in [0.2, 0.25) is 0 Å². The third-order valence-corrected chi connectivity index (χ3v) is 3.20. The summed E-state index contributed by atoms with van der Waals surface area (Å²) < 4.78 is 10.5. The average Bonchev–Trinajstić information content (AvgIpc) is 2.44. The summed E-state index contributed by atoms with van der Waals surface area (Å²) >= 11 is 0. The maximum Gasteiger partial charge on any atom is 0.412 e. The number of ketones is 1. The van der Waals surface area contributed by atoms with Crippen LogP contribution in [0.2, 0.25) is 0 Å². The molecule has 0 saturated heterocycles. The number of anilines is 1. The molecule has 0 saturated carbocycles. The maximum atomic E-state index is 12.1. The molecule has 5 heteroatoms. The van der Waals surface area contributed by atoms with Gasteiger partial charge in [-0.15, -0.1) is 0 Å². The molecule has 0 fully saturated rings. The van der Waals surface area contributed by atoms with Crippen molar-refractivity contribution in [3.8, 4) is 5.75 Å². The van der Waals surface area contributed by atoms with Crippen molar-refractivity contribution in [2.45, 2.75) is 33.3 Å². The molecule has 0 aromatic heterocycles. The number of hydrogen-bond donors (Lipinski definition) is 1. The minimum absolute atomic E-state index is 0.0741. The molecule has 0 aliphatic heterocycles. The van der Waals surface area contributed by atoms with Gasteiger partial charge in [0, 0.05) is 10.9 Å². The van der Waals surface area contributed by atoms with Gasteiger partial charge < -0.3 is 9.47 Å². The number of fused-ring (bicyclic) bond motifs is 1. The van der Waals surface area contributed by atoms with Crippen molar-refractivity contribution in [2.75, 3.05) is 12.4 Å². The summed E-state index contributed by atoms with van der Waals surface area (Å²) in [7, 11) is 1.58. The quantitative estimate of drug-likeness (QED) is 0.853. The van der Waals surface area contributed by atoms with E-state index in [2.05, 4.69) is 5.32 Å². The maximum absolute atomic E-state index is 12.1. The lowest BCUT2D eigenvalue weighted by Crippen LogP contribution is -2.27. The molecule has 0 radical (unpaired) electrons. The van der Waals surface area contributed by atoms with E-state index in [1.807, 2.05) is 18.2 Å². The molecule has 2 aromatic rings. The number of carbonyl (C=O) groups is 2. The van der Waals surface area contributed by atoms with E-state index in [-0.39, 0.29) is 5.78 Å². The first-order valence-corrected chi connectivity index (χ1v) is 7.32. The van der Waals surface area contributed by atoms with Crippen LogP contribution in [0.1, 0.15) is 38.1 Å². The van der Waals surface area contributed by atoms with Gasteiger partial charge >= 0.3 is 6.09 Å². The lowest BCUT2D eigenvalue weighted by atomic mass is 10.0. The molecular formula is C18H21NO4. The van der Waals surface area contributed by atoms with Gasteiger partial charge in [0.05, 0.1) is 12.8 Å². The molecule has 122 valence electrons. The normalized spacial score (nSPS) is 11.2. The van der Waals surface area contributed by atoms with Gasteiger partial charge in [-0.3, -0.25) is 10.1 Å². The first-order chi connectivity index (χ1) is 10.7. The zero-order valence-electron chi connectivity index (χ0n) is 14.0. The molecule has 0 aliphatic rings. The smallest absolute Gasteiger partial charge is 0.412 e. The molecule has 5 nitrogen and oxygen atoms in total. The van der Waals surface area contributed by atoms with Gasteiger partial charge in [-0.25, -0.2) is 4.79 Å². The van der Waals surface area contributed by atoms with E-state index in [1.165, 1.54) is 6.92 Å². The van der Waals surface area contributed by atoms with Crippen molar-refractivity contribution in [1.29, 1.82) is 0 Å². The van der Waals surface area contributed by atoms with E-state index in [0.717, 1.165) is 10.8 Å². The second-order valence-electron chi connectivity index (χ2n) is 6.29. The van der Waals surface area contributed by atoms with Crippen LogP contribution in [0, 0.1) is 0 Å². The number of rotatable bonds is 3. The van der Waals surface area contributed by atoms with E-state index >= 15 is 0 Å². The number of carbonyl (C=O) groups excluding carboxylic acids is 2. The minimum atomic E-state index is -0.601. The molecule has 0 heterocycles. The van der Waals surface area contributed by atoms with Crippen LogP contribution in [0.5, 0.6) is 5.75 Å². The first-order valence-electron chi connectivity index (χ1n) is 7.32. The van der Waals surface area contributed by atoms with Crippen LogP contribution < -0.4 is 10.1 Å². The number of methoxy groups -OCH3 is 1. The van der Waals surface area contributed by atoms with Crippen LogP contribution in [0.3, 0.4) is 0 Å². The number of hydrogen-bond acceptors (Lipinski definition) is 4. The molecule has 0 unspecified atom stereocenters. The fourth-order valence-electron chi connectivity index (χ4n) is 2.18. The van der Waals surface area contributed by atoms with Gasteiger partial charge in [0.25, 0.3) is 0 Å². The van der Waals surface area contributed by atoms with Crippen LogP contribution in [-0.2, 0) is 4.74 Å². The molecule has 1 N–H and O–H groups in total. The van der Waals surface area contributed by atoms with Gasteiger partial charge in [0.15, 0.2) is 5.78 Å². The van der Waals surface area contributed by atoms with E-state index in [0.29, 0.717) is 17.0 Å². The Morgan fingerprint density at radius 2 is 1.78 bits per heavy atom. The monoisotopic (exact) mass is 315 g/mol. The van der Waals surface area contributed by atoms with Crippen LogP contribution >= 0.6 is 0 Å². The zero-order chi connectivity index (χ0) is 17.2. The fourth-order valence-corrected chi connectivity index (χ4v) is 2.18. The third-order valence-electron chi connectivity index (χ3n) is 3.20. The number of ether oxygens (including phenoxy) is 2. The van der Waals surface area contributed by atoms with Gasteiger partial charge in [-0.2, -0.15) is 0 Å². The Morgan fingerprint density at radius 3 is 2.35 bits per heavy atom. The highest BCUT2D eigenvalue weighted by Crippen LogP contribution is 2.30. The molecule has 2 aromatic carbocycles. The van der Waals surface area contributed by atoms with Crippen molar-refractivity contribution < 1.29 is 19.1 Å². The van der Waals surface area contributed by atoms with Crippen LogP contribution in [0.25, 0.3) is 10.8 Å². The molecule has 0 atom stereocenters. The molecule has 23 heavy (non-hydrogen) atoms. The second kappa shape index (κ2) is 6.28. The zero-order valence-corrected chi connectivity index (χ0v) is 14.0. The number of nitrogens with one attached hydrogen (secondary N) is 1. The average molecular weight is 315 g/mol. The Kier molecular flexibility index (Phi) is 4.59. The summed E-state index contributed by atoms with van der Waals surface area (Å²) in [5.41, 5.74) is 0.435. The topological polar surface area (TPSA) is 64.6 Å². The second-order valence-corrected chi connectivity index (χ2v) is 6.29. The van der Waals surface area contributed by atoms with Gasteiger partial charge in [-0.1, -0.05) is 6.07 Å². The van der Waals surface area contributed by atoms with Crippen molar-refractivity contribution in [3.63, 3.8) is 0 Å². The summed E-state index contributed by atoms with van der Waals surface area (Å²) in [5, 5.41) is 4.33. The number of benzene rings is 2. The van der Waals surface area contributed by atoms with E-state index in [1.54, 1.807) is 40.0 Å². The predicted molar refractivity (Wildman–Crippen MR) is 90.4 cm³/mol. The summed E-state index contributed by atoms with van der Waals surface area (Å²) in [6.45, 7) is 6.86. The van der Waals surface area contributed by atoms with Gasteiger partial charge in [0.1, 0.15) is 11.4 Å². The highest BCUT2D eigenvalue weighted by molar-refractivity contribution is 6.06. The Balaban J connectivity index is 2.50. The van der Waals surface area contributed by atoms with E-state index in [9.17, 15) is 9.59 Å². The molecule has 2 rings (SSSR count). The van der Waals surface area contributed by atoms with Crippen LogP contribution in [-0.4, -0.2) is 24.6 Å². The number of Topliss-reactive ketones (excluding diaryl/α,β-unsaturated/α-hetero) is 1. The Morgan fingerprint density at radius 1 is 1.09 bits per heavy atom. The van der Waals surface area contributed by atoms with Crippen molar-refractivity contribution in [3.05, 3.63) is 35.9 Å². The highest BCUT2D eigenvalue weighted by atomic mass is 16.6. The van der Waals surface area contributed by atoms with E-state index in [4.69, 9.17) is 9.47 Å². The number of amides is 1. The Hall–Kier alpha value is -2.56. The molecule has 0 aliphatic carbocycles. The Labute approximate surface area is 135 Å². The summed E-state index contributed by atoms with van der Waals surface area (Å²) in [4.78, 5) is 23.8. The lowest BCUT2D eigenvalue weighted by molar-refractivity contribution is 0.0636. The molecule has 0 spiro atoms. The molecular weight excluding hydrogens is 294 g/mol. The SMILES string of the molecule is COc1ccc2cc(C(C)=O)cc(NC(=O)OC(C)(C)C)c2c1. The first kappa shape index (κ1) is 16.8. The van der Waals surface area contributed by atoms with Crippen LogP contribution in [0.4, 0.5) is 10.5 Å². The Bertz CT molecular complexity index is 759. The van der Waals surface area contributed by atoms with Crippen molar-refractivity contribution in [1.82, 2.24) is 0 Å². The van der Waals surface area contributed by atoms with Crippen LogP contribution in [0.15, 0.2) is 30.3 Å². The summed E-state index contributed by atoms with van der Waals surface area (Å²) in [6.07, 6.45) is -0.567. The predicted octanol–water partition coefficient (Wildman–Crippen LogP) is 4.40. The minimum Gasteiger partial charge on any atom is -0.497 e. The third kappa shape index (κ3) is 4.22.